The highest BCUT2D eigenvalue weighted by Crippen LogP contribution is 2.20. The second kappa shape index (κ2) is 5.49. The maximum Gasteiger partial charge on any atom is 0.258 e. The Bertz CT molecular complexity index is 377. The van der Waals surface area contributed by atoms with Gasteiger partial charge in [-0.05, 0) is 18.1 Å². The lowest BCUT2D eigenvalue weighted by molar-refractivity contribution is 0.0941. The van der Waals surface area contributed by atoms with Gasteiger partial charge in [-0.15, -0.1) is 0 Å². The predicted octanol–water partition coefficient (Wildman–Crippen LogP) is 2.22. The lowest BCUT2D eigenvalue weighted by Crippen LogP contribution is -2.28. The largest absolute Gasteiger partial charge is 0.496 e. The third-order valence-corrected chi connectivity index (χ3v) is 2.09. The number of amides is 1. The predicted molar refractivity (Wildman–Crippen MR) is 60.1 cm³/mol. The Balaban J connectivity index is 2.89. The maximum absolute atomic E-state index is 13.5. The molecular formula is C12H16FNO2. The summed E-state index contributed by atoms with van der Waals surface area (Å²) < 4.78 is 18.4. The summed E-state index contributed by atoms with van der Waals surface area (Å²) in [5.41, 5.74) is -0.0364. The Morgan fingerprint density at radius 2 is 2.19 bits per heavy atom. The zero-order valence-corrected chi connectivity index (χ0v) is 9.71. The average molecular weight is 225 g/mol. The van der Waals surface area contributed by atoms with Crippen molar-refractivity contribution in [3.05, 3.63) is 29.6 Å². The third kappa shape index (κ3) is 2.95. The van der Waals surface area contributed by atoms with E-state index in [2.05, 4.69) is 5.32 Å². The van der Waals surface area contributed by atoms with Gasteiger partial charge in [0.2, 0.25) is 0 Å². The summed E-state index contributed by atoms with van der Waals surface area (Å²) in [6, 6.07) is 4.31. The molecule has 88 valence electrons. The van der Waals surface area contributed by atoms with Gasteiger partial charge in [-0.25, -0.2) is 4.39 Å². The van der Waals surface area contributed by atoms with Gasteiger partial charge in [0.1, 0.15) is 17.1 Å². The highest BCUT2D eigenvalue weighted by Gasteiger charge is 2.17. The average Bonchev–Trinajstić information content (AvgIpc) is 2.25. The Kier molecular flexibility index (Phi) is 4.28. The minimum absolute atomic E-state index is 0.0364. The van der Waals surface area contributed by atoms with Crippen molar-refractivity contribution in [2.75, 3.05) is 13.7 Å². The molecule has 1 amide bonds. The summed E-state index contributed by atoms with van der Waals surface area (Å²) in [5.74, 6) is -0.438. The number of carbonyl (C=O) groups is 1. The van der Waals surface area contributed by atoms with Crippen LogP contribution in [0.15, 0.2) is 18.2 Å². The first-order valence-electron chi connectivity index (χ1n) is 5.17. The first-order valence-corrected chi connectivity index (χ1v) is 5.17. The monoisotopic (exact) mass is 225 g/mol. The van der Waals surface area contributed by atoms with Gasteiger partial charge in [0.25, 0.3) is 5.91 Å². The van der Waals surface area contributed by atoms with Crippen LogP contribution in [0, 0.1) is 11.7 Å². The molecule has 0 unspecified atom stereocenters. The lowest BCUT2D eigenvalue weighted by Gasteiger charge is -2.11. The number of methoxy groups -OCH3 is 1. The van der Waals surface area contributed by atoms with E-state index in [0.29, 0.717) is 12.5 Å². The van der Waals surface area contributed by atoms with E-state index < -0.39 is 11.7 Å². The summed E-state index contributed by atoms with van der Waals surface area (Å²) in [6.45, 7) is 4.45. The van der Waals surface area contributed by atoms with Gasteiger partial charge in [0, 0.05) is 6.54 Å². The van der Waals surface area contributed by atoms with Crippen LogP contribution >= 0.6 is 0 Å². The molecule has 0 saturated carbocycles. The second-order valence-electron chi connectivity index (χ2n) is 3.92. The van der Waals surface area contributed by atoms with Crippen molar-refractivity contribution in [2.24, 2.45) is 5.92 Å². The highest BCUT2D eigenvalue weighted by molar-refractivity contribution is 5.97. The van der Waals surface area contributed by atoms with Crippen LogP contribution in [0.3, 0.4) is 0 Å². The molecule has 0 bridgehead atoms. The van der Waals surface area contributed by atoms with Gasteiger partial charge in [-0.3, -0.25) is 4.79 Å². The van der Waals surface area contributed by atoms with Gasteiger partial charge < -0.3 is 10.1 Å². The first-order chi connectivity index (χ1) is 7.56. The molecular weight excluding hydrogens is 209 g/mol. The summed E-state index contributed by atoms with van der Waals surface area (Å²) >= 11 is 0. The summed E-state index contributed by atoms with van der Waals surface area (Å²) in [6.07, 6.45) is 0. The fraction of sp³-hybridized carbons (Fsp3) is 0.417. The molecule has 0 fully saturated rings. The number of carbonyl (C=O) groups excluding carboxylic acids is 1. The normalized spacial score (nSPS) is 10.3. The number of rotatable bonds is 4. The van der Waals surface area contributed by atoms with Crippen LogP contribution in [-0.2, 0) is 0 Å². The van der Waals surface area contributed by atoms with Crippen molar-refractivity contribution in [1.29, 1.82) is 0 Å². The van der Waals surface area contributed by atoms with Crippen LogP contribution in [0.5, 0.6) is 5.75 Å². The van der Waals surface area contributed by atoms with Gasteiger partial charge >= 0.3 is 0 Å². The minimum atomic E-state index is -0.569. The van der Waals surface area contributed by atoms with Gasteiger partial charge in [-0.1, -0.05) is 19.9 Å². The molecule has 0 atom stereocenters. The molecule has 0 aliphatic heterocycles. The smallest absolute Gasteiger partial charge is 0.258 e. The summed E-state index contributed by atoms with van der Waals surface area (Å²) in [7, 11) is 1.41. The number of ether oxygens (including phenoxy) is 1. The molecule has 1 N–H and O–H groups in total. The summed E-state index contributed by atoms with van der Waals surface area (Å²) in [4.78, 5) is 11.7. The van der Waals surface area contributed by atoms with Crippen molar-refractivity contribution in [2.45, 2.75) is 13.8 Å². The van der Waals surface area contributed by atoms with Gasteiger partial charge in [0.05, 0.1) is 7.11 Å². The molecule has 1 aromatic rings. The van der Waals surface area contributed by atoms with Crippen LogP contribution in [0.4, 0.5) is 4.39 Å². The first kappa shape index (κ1) is 12.5. The van der Waals surface area contributed by atoms with Crippen molar-refractivity contribution >= 4 is 5.91 Å². The van der Waals surface area contributed by atoms with E-state index in [-0.39, 0.29) is 11.3 Å². The maximum atomic E-state index is 13.5. The summed E-state index contributed by atoms with van der Waals surface area (Å²) in [5, 5.41) is 2.66. The Morgan fingerprint density at radius 3 is 2.75 bits per heavy atom. The zero-order valence-electron chi connectivity index (χ0n) is 9.71. The molecule has 0 aliphatic rings. The Morgan fingerprint density at radius 1 is 1.50 bits per heavy atom. The molecule has 1 rings (SSSR count). The molecule has 16 heavy (non-hydrogen) atoms. The number of benzene rings is 1. The minimum Gasteiger partial charge on any atom is -0.496 e. The SMILES string of the molecule is COc1cccc(F)c1C(=O)NCC(C)C. The number of hydrogen-bond donors (Lipinski definition) is 1. The van der Waals surface area contributed by atoms with Gasteiger partial charge in [-0.2, -0.15) is 0 Å². The Hall–Kier alpha value is -1.58. The second-order valence-corrected chi connectivity index (χ2v) is 3.92. The molecule has 0 aliphatic carbocycles. The molecule has 0 saturated heterocycles. The van der Waals surface area contributed by atoms with E-state index in [1.165, 1.54) is 19.2 Å². The highest BCUT2D eigenvalue weighted by atomic mass is 19.1. The van der Waals surface area contributed by atoms with E-state index in [9.17, 15) is 9.18 Å². The lowest BCUT2D eigenvalue weighted by atomic mass is 10.1. The van der Waals surface area contributed by atoms with Crippen molar-refractivity contribution in [1.82, 2.24) is 5.32 Å². The topological polar surface area (TPSA) is 38.3 Å². The van der Waals surface area contributed by atoms with E-state index in [4.69, 9.17) is 4.74 Å². The van der Waals surface area contributed by atoms with E-state index in [0.717, 1.165) is 0 Å². The molecule has 0 radical (unpaired) electrons. The molecule has 0 spiro atoms. The molecule has 0 heterocycles. The molecule has 4 heteroatoms. The number of nitrogens with one attached hydrogen (secondary N) is 1. The number of halogens is 1. The molecule has 3 nitrogen and oxygen atoms in total. The molecule has 0 aromatic heterocycles. The van der Waals surface area contributed by atoms with Crippen LogP contribution in [0.2, 0.25) is 0 Å². The Labute approximate surface area is 94.6 Å². The third-order valence-electron chi connectivity index (χ3n) is 2.09. The standard InChI is InChI=1S/C12H16FNO2/c1-8(2)7-14-12(15)11-9(13)5-4-6-10(11)16-3/h4-6,8H,7H2,1-3H3,(H,14,15). The molecule has 1 aromatic carbocycles. The van der Waals surface area contributed by atoms with Crippen molar-refractivity contribution < 1.29 is 13.9 Å². The van der Waals surface area contributed by atoms with Gasteiger partial charge in [0.15, 0.2) is 0 Å². The van der Waals surface area contributed by atoms with Crippen LogP contribution in [0.25, 0.3) is 0 Å². The van der Waals surface area contributed by atoms with E-state index >= 15 is 0 Å². The van der Waals surface area contributed by atoms with Crippen LogP contribution in [0.1, 0.15) is 24.2 Å². The van der Waals surface area contributed by atoms with Crippen LogP contribution < -0.4 is 10.1 Å². The van der Waals surface area contributed by atoms with E-state index in [1.54, 1.807) is 6.07 Å². The number of hydrogen-bond acceptors (Lipinski definition) is 2. The van der Waals surface area contributed by atoms with Crippen molar-refractivity contribution in [3.63, 3.8) is 0 Å². The fourth-order valence-corrected chi connectivity index (χ4v) is 1.28. The fourth-order valence-electron chi connectivity index (χ4n) is 1.28. The van der Waals surface area contributed by atoms with Crippen molar-refractivity contribution in [3.8, 4) is 5.75 Å². The van der Waals surface area contributed by atoms with Crippen LogP contribution in [-0.4, -0.2) is 19.6 Å². The zero-order chi connectivity index (χ0) is 12.1. The quantitative estimate of drug-likeness (QED) is 0.853. The van der Waals surface area contributed by atoms with E-state index in [1.807, 2.05) is 13.8 Å².